The van der Waals surface area contributed by atoms with Crippen LogP contribution in [0.4, 0.5) is 0 Å². The lowest BCUT2D eigenvalue weighted by Gasteiger charge is -2.19. The summed E-state index contributed by atoms with van der Waals surface area (Å²) < 4.78 is 24.1. The molecule has 5 heteroatoms. The lowest BCUT2D eigenvalue weighted by molar-refractivity contribution is 0.162. The van der Waals surface area contributed by atoms with Crippen LogP contribution in [-0.4, -0.2) is 31.4 Å². The van der Waals surface area contributed by atoms with Gasteiger partial charge in [-0.05, 0) is 50.3 Å². The summed E-state index contributed by atoms with van der Waals surface area (Å²) in [5.41, 5.74) is 6.48. The Labute approximate surface area is 121 Å². The molecule has 0 aromatic heterocycles. The van der Waals surface area contributed by atoms with E-state index in [-0.39, 0.29) is 12.5 Å². The minimum atomic E-state index is -3.22. The van der Waals surface area contributed by atoms with Gasteiger partial charge in [0.1, 0.15) is 0 Å². The Morgan fingerprint density at radius 2 is 1.75 bits per heavy atom. The molecule has 0 radical (unpaired) electrons. The van der Waals surface area contributed by atoms with Crippen molar-refractivity contribution in [2.45, 2.75) is 55.8 Å². The fourth-order valence-corrected chi connectivity index (χ4v) is 3.22. The molecule has 2 unspecified atom stereocenters. The summed E-state index contributed by atoms with van der Waals surface area (Å²) in [5, 5.41) is 9.23. The molecule has 0 heterocycles. The molecular formula is C15H25NO3S. The summed E-state index contributed by atoms with van der Waals surface area (Å²) in [5.74, 6) is 0.198. The highest BCUT2D eigenvalue weighted by atomic mass is 32.2. The molecular weight excluding hydrogens is 274 g/mol. The molecule has 0 amide bonds. The van der Waals surface area contributed by atoms with Gasteiger partial charge in [0.15, 0.2) is 9.84 Å². The first kappa shape index (κ1) is 17.1. The summed E-state index contributed by atoms with van der Waals surface area (Å²) in [6.45, 7) is 5.65. The lowest BCUT2D eigenvalue weighted by atomic mass is 9.91. The molecule has 0 aliphatic heterocycles. The third-order valence-corrected chi connectivity index (χ3v) is 5.79. The Hall–Kier alpha value is -0.910. The summed E-state index contributed by atoms with van der Waals surface area (Å²) in [6, 6.07) is 6.99. The molecule has 3 N–H and O–H groups in total. The van der Waals surface area contributed by atoms with Gasteiger partial charge in [0.05, 0.1) is 16.2 Å². The van der Waals surface area contributed by atoms with Crippen LogP contribution < -0.4 is 5.73 Å². The first-order valence-corrected chi connectivity index (χ1v) is 8.59. The van der Waals surface area contributed by atoms with Crippen LogP contribution >= 0.6 is 0 Å². The summed E-state index contributed by atoms with van der Waals surface area (Å²) in [4.78, 5) is 0.352. The minimum Gasteiger partial charge on any atom is -0.392 e. The van der Waals surface area contributed by atoms with Crippen molar-refractivity contribution in [2.24, 2.45) is 5.73 Å². The highest BCUT2D eigenvalue weighted by molar-refractivity contribution is 7.92. The van der Waals surface area contributed by atoms with Gasteiger partial charge in [-0.3, -0.25) is 0 Å². The number of aliphatic hydroxyl groups is 1. The van der Waals surface area contributed by atoms with Gasteiger partial charge in [0, 0.05) is 6.54 Å². The Morgan fingerprint density at radius 3 is 2.15 bits per heavy atom. The standard InChI is InChI=1S/C15H25NO3S/c1-4-12(9-14(17)10-16)13-5-7-15(8-6-13)20(18,19)11(2)3/h5-8,11-12,14,17H,4,9-10,16H2,1-3H3. The van der Waals surface area contributed by atoms with Crippen molar-refractivity contribution < 1.29 is 13.5 Å². The van der Waals surface area contributed by atoms with E-state index in [0.717, 1.165) is 12.0 Å². The predicted molar refractivity (Wildman–Crippen MR) is 81.5 cm³/mol. The molecule has 0 saturated carbocycles. The largest absolute Gasteiger partial charge is 0.392 e. The molecule has 1 aromatic rings. The second-order valence-corrected chi connectivity index (χ2v) is 7.90. The van der Waals surface area contributed by atoms with Gasteiger partial charge in [0.2, 0.25) is 0 Å². The SMILES string of the molecule is CCC(CC(O)CN)c1ccc(S(=O)(=O)C(C)C)cc1. The predicted octanol–water partition coefficient (Wildman–Crippen LogP) is 2.07. The number of rotatable bonds is 7. The maximum absolute atomic E-state index is 12.1. The fraction of sp³-hybridized carbons (Fsp3) is 0.600. The van der Waals surface area contributed by atoms with Crippen LogP contribution in [0.25, 0.3) is 0 Å². The van der Waals surface area contributed by atoms with E-state index in [1.807, 2.05) is 19.1 Å². The molecule has 1 rings (SSSR count). The molecule has 0 saturated heterocycles. The van der Waals surface area contributed by atoms with Crippen molar-refractivity contribution >= 4 is 9.84 Å². The third-order valence-electron chi connectivity index (χ3n) is 3.62. The van der Waals surface area contributed by atoms with E-state index in [0.29, 0.717) is 11.3 Å². The molecule has 0 spiro atoms. The quantitative estimate of drug-likeness (QED) is 0.807. The number of hydrogen-bond donors (Lipinski definition) is 2. The van der Waals surface area contributed by atoms with Crippen molar-refractivity contribution in [3.05, 3.63) is 29.8 Å². The molecule has 0 bridgehead atoms. The van der Waals surface area contributed by atoms with Crippen LogP contribution in [0.5, 0.6) is 0 Å². The zero-order valence-electron chi connectivity index (χ0n) is 12.4. The van der Waals surface area contributed by atoms with Gasteiger partial charge in [-0.1, -0.05) is 19.1 Å². The summed E-state index contributed by atoms with van der Waals surface area (Å²) in [6.07, 6.45) is 0.968. The minimum absolute atomic E-state index is 0.198. The smallest absolute Gasteiger partial charge is 0.180 e. The van der Waals surface area contributed by atoms with Gasteiger partial charge in [0.25, 0.3) is 0 Å². The topological polar surface area (TPSA) is 80.4 Å². The molecule has 20 heavy (non-hydrogen) atoms. The van der Waals surface area contributed by atoms with Crippen molar-refractivity contribution in [3.63, 3.8) is 0 Å². The molecule has 0 fully saturated rings. The molecule has 4 nitrogen and oxygen atoms in total. The van der Waals surface area contributed by atoms with Crippen LogP contribution in [0, 0.1) is 0 Å². The normalized spacial score (nSPS) is 15.3. The van der Waals surface area contributed by atoms with Gasteiger partial charge < -0.3 is 10.8 Å². The monoisotopic (exact) mass is 299 g/mol. The van der Waals surface area contributed by atoms with E-state index in [1.54, 1.807) is 26.0 Å². The van der Waals surface area contributed by atoms with Gasteiger partial charge in [-0.2, -0.15) is 0 Å². The lowest BCUT2D eigenvalue weighted by Crippen LogP contribution is -2.22. The van der Waals surface area contributed by atoms with E-state index >= 15 is 0 Å². The van der Waals surface area contributed by atoms with Crippen molar-refractivity contribution in [1.82, 2.24) is 0 Å². The molecule has 2 atom stereocenters. The Kier molecular flexibility index (Phi) is 6.17. The number of nitrogens with two attached hydrogens (primary N) is 1. The first-order chi connectivity index (χ1) is 9.32. The number of hydrogen-bond acceptors (Lipinski definition) is 4. The van der Waals surface area contributed by atoms with E-state index in [4.69, 9.17) is 5.73 Å². The van der Waals surface area contributed by atoms with E-state index in [1.165, 1.54) is 0 Å². The first-order valence-electron chi connectivity index (χ1n) is 7.04. The molecule has 1 aromatic carbocycles. The van der Waals surface area contributed by atoms with Crippen molar-refractivity contribution in [1.29, 1.82) is 0 Å². The zero-order valence-corrected chi connectivity index (χ0v) is 13.2. The van der Waals surface area contributed by atoms with Gasteiger partial charge in [-0.25, -0.2) is 8.42 Å². The average molecular weight is 299 g/mol. The second kappa shape index (κ2) is 7.20. The van der Waals surface area contributed by atoms with E-state index in [2.05, 4.69) is 0 Å². The van der Waals surface area contributed by atoms with E-state index in [9.17, 15) is 13.5 Å². The Bertz CT molecular complexity index is 508. The Balaban J connectivity index is 2.95. The number of benzene rings is 1. The van der Waals surface area contributed by atoms with Crippen LogP contribution in [0.2, 0.25) is 0 Å². The maximum Gasteiger partial charge on any atom is 0.180 e. The number of sulfone groups is 1. The maximum atomic E-state index is 12.1. The zero-order chi connectivity index (χ0) is 15.3. The molecule has 0 aliphatic rings. The van der Waals surface area contributed by atoms with Crippen LogP contribution in [0.3, 0.4) is 0 Å². The molecule has 0 aliphatic carbocycles. The fourth-order valence-electron chi connectivity index (χ4n) is 2.16. The van der Waals surface area contributed by atoms with Crippen LogP contribution in [-0.2, 0) is 9.84 Å². The van der Waals surface area contributed by atoms with Crippen molar-refractivity contribution in [2.75, 3.05) is 6.54 Å². The van der Waals surface area contributed by atoms with Crippen LogP contribution in [0.1, 0.15) is 45.1 Å². The van der Waals surface area contributed by atoms with E-state index < -0.39 is 21.2 Å². The van der Waals surface area contributed by atoms with Crippen LogP contribution in [0.15, 0.2) is 29.2 Å². The average Bonchev–Trinajstić information content (AvgIpc) is 2.44. The summed E-state index contributed by atoms with van der Waals surface area (Å²) >= 11 is 0. The Morgan fingerprint density at radius 1 is 1.20 bits per heavy atom. The highest BCUT2D eigenvalue weighted by Crippen LogP contribution is 2.26. The molecule has 114 valence electrons. The van der Waals surface area contributed by atoms with Gasteiger partial charge >= 0.3 is 0 Å². The highest BCUT2D eigenvalue weighted by Gasteiger charge is 2.20. The second-order valence-electron chi connectivity index (χ2n) is 5.39. The van der Waals surface area contributed by atoms with Crippen molar-refractivity contribution in [3.8, 4) is 0 Å². The number of aliphatic hydroxyl groups excluding tert-OH is 1. The van der Waals surface area contributed by atoms with Gasteiger partial charge in [-0.15, -0.1) is 0 Å². The summed E-state index contributed by atoms with van der Waals surface area (Å²) in [7, 11) is -3.22. The third kappa shape index (κ3) is 4.04.